The van der Waals surface area contributed by atoms with Crippen molar-refractivity contribution in [3.63, 3.8) is 0 Å². The molecule has 0 radical (unpaired) electrons. The van der Waals surface area contributed by atoms with Gasteiger partial charge in [0.1, 0.15) is 28.7 Å². The van der Waals surface area contributed by atoms with Crippen LogP contribution in [0.4, 0.5) is 23.8 Å². The van der Waals surface area contributed by atoms with Gasteiger partial charge in [-0.25, -0.2) is 9.48 Å². The lowest BCUT2D eigenvalue weighted by molar-refractivity contribution is -0.137. The SMILES string of the molecule is CC(C)(C)OC(=O)N1CCC(n2nc(-c3cnn(Cc4ccc(C(F)(F)F)cc4)c3)c(C#N)c2N)CC1. The van der Waals surface area contributed by atoms with Crippen LogP contribution in [-0.2, 0) is 17.5 Å². The van der Waals surface area contributed by atoms with Gasteiger partial charge in [-0.3, -0.25) is 4.68 Å². The van der Waals surface area contributed by atoms with E-state index in [9.17, 15) is 23.2 Å². The number of nitrogens with two attached hydrogens (primary N) is 1. The Morgan fingerprint density at radius 1 is 1.19 bits per heavy atom. The minimum absolute atomic E-state index is 0.0956. The fraction of sp³-hybridized carbons (Fsp3) is 0.440. The van der Waals surface area contributed by atoms with E-state index in [-0.39, 0.29) is 30.1 Å². The number of likely N-dealkylation sites (tertiary alicyclic amines) is 1. The van der Waals surface area contributed by atoms with Crippen molar-refractivity contribution in [2.75, 3.05) is 18.8 Å². The van der Waals surface area contributed by atoms with E-state index in [0.717, 1.165) is 12.1 Å². The molecule has 37 heavy (non-hydrogen) atoms. The van der Waals surface area contributed by atoms with E-state index in [4.69, 9.17) is 10.5 Å². The number of nitrogens with zero attached hydrogens (tertiary/aromatic N) is 6. The Balaban J connectivity index is 1.48. The molecule has 2 N–H and O–H groups in total. The van der Waals surface area contributed by atoms with Crippen LogP contribution in [-0.4, -0.2) is 49.2 Å². The first-order valence-corrected chi connectivity index (χ1v) is 11.8. The summed E-state index contributed by atoms with van der Waals surface area (Å²) in [5.74, 6) is 0.240. The summed E-state index contributed by atoms with van der Waals surface area (Å²) in [7, 11) is 0. The first-order chi connectivity index (χ1) is 17.4. The fourth-order valence-corrected chi connectivity index (χ4v) is 4.22. The summed E-state index contributed by atoms with van der Waals surface area (Å²) in [6.45, 7) is 6.65. The maximum Gasteiger partial charge on any atom is 0.416 e. The van der Waals surface area contributed by atoms with Crippen LogP contribution in [0.25, 0.3) is 11.3 Å². The molecular weight excluding hydrogens is 487 g/mol. The molecule has 9 nitrogen and oxygen atoms in total. The number of nitriles is 1. The number of halogens is 3. The molecule has 0 unspecified atom stereocenters. The maximum atomic E-state index is 12.8. The number of hydrogen-bond acceptors (Lipinski definition) is 6. The van der Waals surface area contributed by atoms with Crippen LogP contribution >= 0.6 is 0 Å². The Bertz CT molecular complexity index is 1310. The molecule has 1 saturated heterocycles. The van der Waals surface area contributed by atoms with Crippen LogP contribution in [0.5, 0.6) is 0 Å². The molecule has 3 heterocycles. The van der Waals surface area contributed by atoms with Crippen LogP contribution < -0.4 is 5.73 Å². The Morgan fingerprint density at radius 2 is 1.84 bits per heavy atom. The zero-order chi connectivity index (χ0) is 27.0. The van der Waals surface area contributed by atoms with Gasteiger partial charge in [0.25, 0.3) is 0 Å². The van der Waals surface area contributed by atoms with E-state index < -0.39 is 17.3 Å². The number of aromatic nitrogens is 4. The number of piperidine rings is 1. The number of carbonyl (C=O) groups is 1. The molecular formula is C25H28F3N7O2. The second kappa shape index (κ2) is 9.80. The van der Waals surface area contributed by atoms with Crippen molar-refractivity contribution in [1.82, 2.24) is 24.5 Å². The number of hydrogen-bond donors (Lipinski definition) is 1. The fourth-order valence-electron chi connectivity index (χ4n) is 4.22. The van der Waals surface area contributed by atoms with Gasteiger partial charge in [0.05, 0.1) is 24.3 Å². The van der Waals surface area contributed by atoms with Gasteiger partial charge < -0.3 is 15.4 Å². The number of carbonyl (C=O) groups excluding carboxylic acids is 1. The highest BCUT2D eigenvalue weighted by atomic mass is 19.4. The standard InChI is InChI=1S/C25H28F3N7O2/c1-24(2,3)37-23(36)33-10-8-19(9-11-33)35-22(30)20(12-29)21(32-35)17-13-31-34(15-17)14-16-4-6-18(7-5-16)25(26,27)28/h4-7,13,15,19H,8-11,14,30H2,1-3H3. The number of anilines is 1. The minimum Gasteiger partial charge on any atom is -0.444 e. The molecule has 0 bridgehead atoms. The second-order valence-electron chi connectivity index (χ2n) is 9.99. The first kappa shape index (κ1) is 26.1. The summed E-state index contributed by atoms with van der Waals surface area (Å²) in [5.41, 5.74) is 6.83. The Kier molecular flexibility index (Phi) is 6.90. The van der Waals surface area contributed by atoms with Gasteiger partial charge >= 0.3 is 12.3 Å². The topological polar surface area (TPSA) is 115 Å². The molecule has 0 spiro atoms. The molecule has 1 amide bonds. The number of nitrogen functional groups attached to an aromatic ring is 1. The molecule has 0 atom stereocenters. The van der Waals surface area contributed by atoms with E-state index in [2.05, 4.69) is 16.3 Å². The van der Waals surface area contributed by atoms with Crippen molar-refractivity contribution in [3.05, 3.63) is 53.3 Å². The quantitative estimate of drug-likeness (QED) is 0.532. The number of alkyl halides is 3. The molecule has 1 aliphatic heterocycles. The smallest absolute Gasteiger partial charge is 0.416 e. The molecule has 0 saturated carbocycles. The summed E-state index contributed by atoms with van der Waals surface area (Å²) >= 11 is 0. The summed E-state index contributed by atoms with van der Waals surface area (Å²) in [4.78, 5) is 14.0. The monoisotopic (exact) mass is 515 g/mol. The second-order valence-corrected chi connectivity index (χ2v) is 9.99. The van der Waals surface area contributed by atoms with Crippen LogP contribution in [0, 0.1) is 11.3 Å². The highest BCUT2D eigenvalue weighted by molar-refractivity contribution is 5.72. The molecule has 4 rings (SSSR count). The van der Waals surface area contributed by atoms with Crippen molar-refractivity contribution in [2.45, 2.75) is 58.0 Å². The Hall–Kier alpha value is -4.01. The van der Waals surface area contributed by atoms with Crippen molar-refractivity contribution in [2.24, 2.45) is 0 Å². The van der Waals surface area contributed by atoms with Gasteiger partial charge in [-0.2, -0.15) is 28.6 Å². The highest BCUT2D eigenvalue weighted by Gasteiger charge is 2.31. The zero-order valence-electron chi connectivity index (χ0n) is 20.8. The van der Waals surface area contributed by atoms with Gasteiger partial charge in [0.15, 0.2) is 0 Å². The lowest BCUT2D eigenvalue weighted by Gasteiger charge is -2.33. The predicted octanol–water partition coefficient (Wildman–Crippen LogP) is 4.84. The average Bonchev–Trinajstić information content (AvgIpc) is 3.41. The summed E-state index contributed by atoms with van der Waals surface area (Å²) in [5, 5.41) is 18.7. The minimum atomic E-state index is -4.39. The normalized spacial score (nSPS) is 15.0. The van der Waals surface area contributed by atoms with E-state index in [0.29, 0.717) is 42.8 Å². The third-order valence-corrected chi connectivity index (χ3v) is 6.05. The molecule has 3 aromatic rings. The Labute approximate surface area is 212 Å². The van der Waals surface area contributed by atoms with Crippen LogP contribution in [0.3, 0.4) is 0 Å². The maximum absolute atomic E-state index is 12.8. The molecule has 0 aliphatic carbocycles. The van der Waals surface area contributed by atoms with E-state index in [1.807, 2.05) is 20.8 Å². The van der Waals surface area contributed by atoms with Crippen molar-refractivity contribution >= 4 is 11.9 Å². The number of ether oxygens (including phenoxy) is 1. The first-order valence-electron chi connectivity index (χ1n) is 11.8. The summed E-state index contributed by atoms with van der Waals surface area (Å²) < 4.78 is 47.1. The van der Waals surface area contributed by atoms with Crippen LogP contribution in [0.15, 0.2) is 36.7 Å². The van der Waals surface area contributed by atoms with Gasteiger partial charge in [-0.05, 0) is 51.3 Å². The predicted molar refractivity (Wildman–Crippen MR) is 129 cm³/mol. The van der Waals surface area contributed by atoms with Gasteiger partial charge in [0.2, 0.25) is 0 Å². The summed E-state index contributed by atoms with van der Waals surface area (Å²) in [6.07, 6.45) is -0.336. The largest absolute Gasteiger partial charge is 0.444 e. The lowest BCUT2D eigenvalue weighted by Crippen LogP contribution is -2.42. The van der Waals surface area contributed by atoms with Crippen LogP contribution in [0.2, 0.25) is 0 Å². The van der Waals surface area contributed by atoms with E-state index in [1.54, 1.807) is 26.7 Å². The third kappa shape index (κ3) is 5.87. The molecule has 196 valence electrons. The van der Waals surface area contributed by atoms with Gasteiger partial charge in [-0.15, -0.1) is 0 Å². The zero-order valence-corrected chi connectivity index (χ0v) is 20.8. The van der Waals surface area contributed by atoms with E-state index in [1.165, 1.54) is 12.1 Å². The van der Waals surface area contributed by atoms with Gasteiger partial charge in [0, 0.05) is 24.8 Å². The van der Waals surface area contributed by atoms with Crippen molar-refractivity contribution in [1.29, 1.82) is 5.26 Å². The van der Waals surface area contributed by atoms with Crippen LogP contribution in [0.1, 0.15) is 56.3 Å². The Morgan fingerprint density at radius 3 is 2.41 bits per heavy atom. The molecule has 2 aromatic heterocycles. The number of rotatable bonds is 4. The lowest BCUT2D eigenvalue weighted by atomic mass is 10.1. The van der Waals surface area contributed by atoms with Crippen molar-refractivity contribution in [3.8, 4) is 17.3 Å². The van der Waals surface area contributed by atoms with Gasteiger partial charge in [-0.1, -0.05) is 12.1 Å². The van der Waals surface area contributed by atoms with E-state index >= 15 is 0 Å². The highest BCUT2D eigenvalue weighted by Crippen LogP contribution is 2.33. The summed E-state index contributed by atoms with van der Waals surface area (Å²) in [6, 6.07) is 6.89. The molecule has 1 aliphatic rings. The molecule has 1 aromatic carbocycles. The molecule has 1 fully saturated rings. The molecule has 12 heteroatoms. The number of amides is 1. The van der Waals surface area contributed by atoms with Crippen molar-refractivity contribution < 1.29 is 22.7 Å². The third-order valence-electron chi connectivity index (χ3n) is 6.05. The number of benzene rings is 1. The average molecular weight is 516 g/mol.